The number of hydrogen-bond donors (Lipinski definition) is 1. The Balaban J connectivity index is 1.92. The van der Waals surface area contributed by atoms with Gasteiger partial charge in [-0.2, -0.15) is 13.2 Å². The molecule has 0 atom stereocenters. The summed E-state index contributed by atoms with van der Waals surface area (Å²) >= 11 is 0.356. The third-order valence-electron chi connectivity index (χ3n) is 3.52. The summed E-state index contributed by atoms with van der Waals surface area (Å²) in [5.74, 6) is -3.02. The van der Waals surface area contributed by atoms with Crippen LogP contribution in [0.25, 0.3) is 0 Å². The van der Waals surface area contributed by atoms with Gasteiger partial charge in [0, 0.05) is 31.5 Å². The molecule has 0 saturated carbocycles. The number of aromatic nitrogens is 1. The van der Waals surface area contributed by atoms with Crippen LogP contribution >= 0.6 is 11.8 Å². The second kappa shape index (κ2) is 10.1. The lowest BCUT2D eigenvalue weighted by Gasteiger charge is -2.11. The number of carbonyl (C=O) groups excluding carboxylic acids is 3. The van der Waals surface area contributed by atoms with Gasteiger partial charge < -0.3 is 15.0 Å². The first-order chi connectivity index (χ1) is 14.1. The smallest absolute Gasteiger partial charge is 0.398 e. The van der Waals surface area contributed by atoms with Crippen molar-refractivity contribution in [3.63, 3.8) is 0 Å². The Morgan fingerprint density at radius 3 is 2.40 bits per heavy atom. The molecular weight excluding hydrogens is 423 g/mol. The second-order valence-electron chi connectivity index (χ2n) is 6.16. The minimum absolute atomic E-state index is 0.138. The number of carbonyl (C=O) groups is 3. The number of amides is 2. The number of anilines is 1. The fourth-order valence-electron chi connectivity index (χ4n) is 2.17. The van der Waals surface area contributed by atoms with Crippen LogP contribution in [0.4, 0.5) is 18.9 Å². The van der Waals surface area contributed by atoms with Gasteiger partial charge in [0.25, 0.3) is 11.8 Å². The Labute approximate surface area is 174 Å². The van der Waals surface area contributed by atoms with Gasteiger partial charge in [0.05, 0.1) is 11.3 Å². The second-order valence-corrected chi connectivity index (χ2v) is 7.13. The monoisotopic (exact) mass is 441 g/mol. The molecule has 2 amide bonds. The molecule has 0 aliphatic rings. The summed E-state index contributed by atoms with van der Waals surface area (Å²) in [6.45, 7) is -0.643. The van der Waals surface area contributed by atoms with Crippen LogP contribution in [-0.4, -0.2) is 60.3 Å². The van der Waals surface area contributed by atoms with Gasteiger partial charge in [0.1, 0.15) is 5.03 Å². The number of nitrogens with zero attached hydrogens (tertiary/aromatic N) is 2. The lowest BCUT2D eigenvalue weighted by atomic mass is 10.2. The van der Waals surface area contributed by atoms with Crippen molar-refractivity contribution in [1.29, 1.82) is 0 Å². The summed E-state index contributed by atoms with van der Waals surface area (Å²) in [5, 5.41) is 2.36. The SMILES string of the molecule is CN(C)C(=O)c1ccc(NC(=O)COC(=O)c2cccnc2SCC(F)(F)F)cc1. The van der Waals surface area contributed by atoms with Crippen molar-refractivity contribution in [3.05, 3.63) is 53.7 Å². The normalized spacial score (nSPS) is 11.0. The van der Waals surface area contributed by atoms with Gasteiger partial charge in [-0.25, -0.2) is 9.78 Å². The van der Waals surface area contributed by atoms with E-state index >= 15 is 0 Å². The molecule has 0 fully saturated rings. The molecule has 0 unspecified atom stereocenters. The molecule has 160 valence electrons. The van der Waals surface area contributed by atoms with Crippen LogP contribution in [-0.2, 0) is 9.53 Å². The maximum Gasteiger partial charge on any atom is 0.398 e. The van der Waals surface area contributed by atoms with E-state index in [0.29, 0.717) is 23.0 Å². The molecule has 11 heteroatoms. The van der Waals surface area contributed by atoms with E-state index < -0.39 is 30.4 Å². The predicted octanol–water partition coefficient (Wildman–Crippen LogP) is 3.23. The molecule has 1 aromatic carbocycles. The zero-order valence-corrected chi connectivity index (χ0v) is 16.8. The Kier molecular flexibility index (Phi) is 7.81. The van der Waals surface area contributed by atoms with Gasteiger partial charge in [-0.15, -0.1) is 0 Å². The highest BCUT2D eigenvalue weighted by atomic mass is 32.2. The molecule has 0 aliphatic carbocycles. The number of benzene rings is 1. The number of halogens is 3. The molecule has 0 saturated heterocycles. The Bertz CT molecular complexity index is 918. The maximum atomic E-state index is 12.4. The van der Waals surface area contributed by atoms with E-state index in [1.165, 1.54) is 47.5 Å². The van der Waals surface area contributed by atoms with Crippen LogP contribution in [0, 0.1) is 0 Å². The molecule has 30 heavy (non-hydrogen) atoms. The van der Waals surface area contributed by atoms with Crippen LogP contribution in [0.3, 0.4) is 0 Å². The van der Waals surface area contributed by atoms with Crippen LogP contribution in [0.5, 0.6) is 0 Å². The van der Waals surface area contributed by atoms with E-state index in [0.717, 1.165) is 0 Å². The van der Waals surface area contributed by atoms with Gasteiger partial charge in [0.2, 0.25) is 0 Å². The minimum atomic E-state index is -4.42. The molecule has 1 aromatic heterocycles. The Morgan fingerprint density at radius 1 is 1.13 bits per heavy atom. The van der Waals surface area contributed by atoms with E-state index in [1.807, 2.05) is 0 Å². The molecule has 2 rings (SSSR count). The summed E-state index contributed by atoms with van der Waals surface area (Å²) < 4.78 is 42.1. The van der Waals surface area contributed by atoms with E-state index in [9.17, 15) is 27.6 Å². The van der Waals surface area contributed by atoms with Gasteiger partial charge in [-0.1, -0.05) is 11.8 Å². The lowest BCUT2D eigenvalue weighted by Crippen LogP contribution is -2.22. The van der Waals surface area contributed by atoms with E-state index in [1.54, 1.807) is 14.1 Å². The summed E-state index contributed by atoms with van der Waals surface area (Å²) in [6.07, 6.45) is -3.16. The largest absolute Gasteiger partial charge is 0.452 e. The third-order valence-corrected chi connectivity index (χ3v) is 4.59. The average Bonchev–Trinajstić information content (AvgIpc) is 2.70. The molecule has 0 aliphatic heterocycles. The fraction of sp³-hybridized carbons (Fsp3) is 0.263. The summed E-state index contributed by atoms with van der Waals surface area (Å²) in [6, 6.07) is 8.75. The highest BCUT2D eigenvalue weighted by Gasteiger charge is 2.29. The summed E-state index contributed by atoms with van der Waals surface area (Å²) in [4.78, 5) is 41.1. The topological polar surface area (TPSA) is 88.6 Å². The van der Waals surface area contributed by atoms with Gasteiger partial charge in [-0.05, 0) is 36.4 Å². The number of rotatable bonds is 7. The van der Waals surface area contributed by atoms with Crippen LogP contribution in [0.15, 0.2) is 47.6 Å². The van der Waals surface area contributed by atoms with E-state index in [2.05, 4.69) is 10.3 Å². The quantitative estimate of drug-likeness (QED) is 0.524. The lowest BCUT2D eigenvalue weighted by molar-refractivity contribution is -0.119. The van der Waals surface area contributed by atoms with Gasteiger partial charge >= 0.3 is 12.1 Å². The molecule has 0 radical (unpaired) electrons. The number of esters is 1. The number of ether oxygens (including phenoxy) is 1. The van der Waals surface area contributed by atoms with Crippen LogP contribution in [0.1, 0.15) is 20.7 Å². The number of pyridine rings is 1. The van der Waals surface area contributed by atoms with E-state index in [-0.39, 0.29) is 16.5 Å². The predicted molar refractivity (Wildman–Crippen MR) is 104 cm³/mol. The summed E-state index contributed by atoms with van der Waals surface area (Å²) in [7, 11) is 3.23. The molecule has 1 heterocycles. The average molecular weight is 441 g/mol. The Morgan fingerprint density at radius 2 is 1.80 bits per heavy atom. The highest BCUT2D eigenvalue weighted by Crippen LogP contribution is 2.28. The molecule has 2 aromatic rings. The van der Waals surface area contributed by atoms with Gasteiger partial charge in [-0.3, -0.25) is 9.59 Å². The fourth-order valence-corrected chi connectivity index (χ4v) is 2.91. The maximum absolute atomic E-state index is 12.4. The van der Waals surface area contributed by atoms with E-state index in [4.69, 9.17) is 4.74 Å². The van der Waals surface area contributed by atoms with Crippen molar-refractivity contribution < 1.29 is 32.3 Å². The number of hydrogen-bond acceptors (Lipinski definition) is 6. The zero-order valence-electron chi connectivity index (χ0n) is 16.0. The van der Waals surface area contributed by atoms with Crippen molar-refractivity contribution >= 4 is 35.2 Å². The molecule has 7 nitrogen and oxygen atoms in total. The van der Waals surface area contributed by atoms with Crippen molar-refractivity contribution in [2.45, 2.75) is 11.2 Å². The van der Waals surface area contributed by atoms with Crippen molar-refractivity contribution in [1.82, 2.24) is 9.88 Å². The molecule has 0 spiro atoms. The standard InChI is InChI=1S/C19H18F3N3O4S/c1-25(2)17(27)12-5-7-13(8-6-12)24-15(26)10-29-18(28)14-4-3-9-23-16(14)30-11-19(20,21)22/h3-9H,10-11H2,1-2H3,(H,24,26). The summed E-state index contributed by atoms with van der Waals surface area (Å²) in [5.41, 5.74) is 0.658. The van der Waals surface area contributed by atoms with Gasteiger partial charge in [0.15, 0.2) is 6.61 Å². The van der Waals surface area contributed by atoms with Crippen molar-refractivity contribution in [2.75, 3.05) is 31.8 Å². The van der Waals surface area contributed by atoms with Crippen LogP contribution in [0.2, 0.25) is 0 Å². The first kappa shape index (κ1) is 23.2. The van der Waals surface area contributed by atoms with Crippen molar-refractivity contribution in [2.24, 2.45) is 0 Å². The minimum Gasteiger partial charge on any atom is -0.452 e. The molecular formula is C19H18F3N3O4S. The number of thioether (sulfide) groups is 1. The first-order valence-corrected chi connectivity index (χ1v) is 9.48. The van der Waals surface area contributed by atoms with Crippen LogP contribution < -0.4 is 5.32 Å². The molecule has 1 N–H and O–H groups in total. The third kappa shape index (κ3) is 7.07. The zero-order chi connectivity index (χ0) is 22.3. The Hall–Kier alpha value is -3.08. The van der Waals surface area contributed by atoms with Crippen molar-refractivity contribution in [3.8, 4) is 0 Å². The number of alkyl halides is 3. The molecule has 0 bridgehead atoms. The first-order valence-electron chi connectivity index (χ1n) is 8.50. The highest BCUT2D eigenvalue weighted by molar-refractivity contribution is 7.99. The number of nitrogens with one attached hydrogen (secondary N) is 1.